The van der Waals surface area contributed by atoms with Gasteiger partial charge in [-0.15, -0.1) is 0 Å². The van der Waals surface area contributed by atoms with Crippen LogP contribution in [0.3, 0.4) is 0 Å². The van der Waals surface area contributed by atoms with E-state index in [1.807, 2.05) is 0 Å². The molecule has 0 saturated heterocycles. The van der Waals surface area contributed by atoms with Crippen molar-refractivity contribution in [3.05, 3.63) is 89.3 Å². The van der Waals surface area contributed by atoms with Crippen LogP contribution in [0.1, 0.15) is 15.9 Å². The number of amides is 1. The van der Waals surface area contributed by atoms with E-state index >= 15 is 0 Å². The summed E-state index contributed by atoms with van der Waals surface area (Å²) < 4.78 is 50.0. The van der Waals surface area contributed by atoms with Gasteiger partial charge in [0.05, 0.1) is 30.2 Å². The Morgan fingerprint density at radius 2 is 1.85 bits per heavy atom. The molecule has 4 rings (SSSR count). The Hall–Kier alpha value is -3.78. The van der Waals surface area contributed by atoms with Gasteiger partial charge in [0.2, 0.25) is 0 Å². The first-order valence-corrected chi connectivity index (χ1v) is 10.00. The van der Waals surface area contributed by atoms with Gasteiger partial charge in [-0.25, -0.2) is 0 Å². The topological polar surface area (TPSA) is 64.4 Å². The average molecular weight is 473 g/mol. The van der Waals surface area contributed by atoms with Crippen molar-refractivity contribution in [3.8, 4) is 28.3 Å². The molecule has 1 amide bonds. The molecule has 0 aliphatic heterocycles. The molecule has 0 atom stereocenters. The molecule has 9 heteroatoms. The number of methoxy groups -OCH3 is 1. The SMILES string of the molecule is COc1cc(NC(=O)c2cnc(-c3ccc(Cl)cc3)c(-c3ccco3)c2)cc(C(F)(F)F)c1. The van der Waals surface area contributed by atoms with E-state index in [1.165, 1.54) is 25.6 Å². The largest absolute Gasteiger partial charge is 0.497 e. The lowest BCUT2D eigenvalue weighted by Gasteiger charge is -2.13. The normalized spacial score (nSPS) is 11.3. The number of halogens is 4. The van der Waals surface area contributed by atoms with Gasteiger partial charge < -0.3 is 14.5 Å². The highest BCUT2D eigenvalue weighted by atomic mass is 35.5. The zero-order chi connectivity index (χ0) is 23.6. The van der Waals surface area contributed by atoms with Crippen LogP contribution in [0.25, 0.3) is 22.6 Å². The number of ether oxygens (including phenoxy) is 1. The third-order valence-corrected chi connectivity index (χ3v) is 5.03. The van der Waals surface area contributed by atoms with Gasteiger partial charge in [0.25, 0.3) is 5.91 Å². The van der Waals surface area contributed by atoms with Gasteiger partial charge in [0, 0.05) is 34.1 Å². The van der Waals surface area contributed by atoms with E-state index in [-0.39, 0.29) is 17.0 Å². The summed E-state index contributed by atoms with van der Waals surface area (Å²) in [6, 6.07) is 15.0. The van der Waals surface area contributed by atoms with Crippen LogP contribution >= 0.6 is 11.6 Å². The van der Waals surface area contributed by atoms with E-state index in [0.717, 1.165) is 17.7 Å². The number of nitrogens with one attached hydrogen (secondary N) is 1. The maximum atomic E-state index is 13.2. The van der Waals surface area contributed by atoms with Gasteiger partial charge in [-0.05, 0) is 42.5 Å². The number of hydrogen-bond donors (Lipinski definition) is 1. The summed E-state index contributed by atoms with van der Waals surface area (Å²) in [5.41, 5.74) is 0.976. The van der Waals surface area contributed by atoms with Crippen LogP contribution in [0, 0.1) is 0 Å². The van der Waals surface area contributed by atoms with Crippen molar-refractivity contribution in [2.24, 2.45) is 0 Å². The number of carbonyl (C=O) groups is 1. The Morgan fingerprint density at radius 1 is 1.09 bits per heavy atom. The molecule has 0 aliphatic rings. The smallest absolute Gasteiger partial charge is 0.416 e. The molecular formula is C24H16ClF3N2O3. The number of pyridine rings is 1. The Bertz CT molecular complexity index is 1290. The van der Waals surface area contributed by atoms with E-state index in [9.17, 15) is 18.0 Å². The van der Waals surface area contributed by atoms with Gasteiger partial charge in [-0.1, -0.05) is 23.7 Å². The quantitative estimate of drug-likeness (QED) is 0.341. The zero-order valence-corrected chi connectivity index (χ0v) is 17.9. The van der Waals surface area contributed by atoms with E-state index < -0.39 is 17.6 Å². The van der Waals surface area contributed by atoms with Crippen LogP contribution in [0.5, 0.6) is 5.75 Å². The van der Waals surface area contributed by atoms with Crippen LogP contribution < -0.4 is 10.1 Å². The number of carbonyl (C=O) groups excluding carboxylic acids is 1. The Labute approximate surface area is 191 Å². The minimum Gasteiger partial charge on any atom is -0.497 e. The second-order valence-corrected chi connectivity index (χ2v) is 7.44. The van der Waals surface area contributed by atoms with Gasteiger partial charge >= 0.3 is 6.18 Å². The van der Waals surface area contributed by atoms with Crippen LogP contribution in [0.15, 0.2) is 77.5 Å². The highest BCUT2D eigenvalue weighted by Gasteiger charge is 2.31. The van der Waals surface area contributed by atoms with Crippen molar-refractivity contribution in [2.75, 3.05) is 12.4 Å². The molecule has 168 valence electrons. The van der Waals surface area contributed by atoms with Crippen molar-refractivity contribution in [1.82, 2.24) is 4.98 Å². The standard InChI is InChI=1S/C24H16ClF3N2O3/c1-32-19-11-16(24(26,27)28)10-18(12-19)30-23(31)15-9-20(21-3-2-8-33-21)22(29-13-15)14-4-6-17(25)7-5-14/h2-13H,1H3,(H,30,31). The van der Waals surface area contributed by atoms with Gasteiger partial charge in [0.15, 0.2) is 0 Å². The Balaban J connectivity index is 1.71. The maximum absolute atomic E-state index is 13.2. The van der Waals surface area contributed by atoms with Gasteiger partial charge in [-0.3, -0.25) is 9.78 Å². The number of aromatic nitrogens is 1. The van der Waals surface area contributed by atoms with Crippen LogP contribution in [-0.2, 0) is 6.18 Å². The second kappa shape index (κ2) is 8.99. The van der Waals surface area contributed by atoms with Crippen molar-refractivity contribution in [2.45, 2.75) is 6.18 Å². The highest BCUT2D eigenvalue weighted by molar-refractivity contribution is 6.30. The summed E-state index contributed by atoms with van der Waals surface area (Å²) in [6.07, 6.45) is -1.76. The lowest BCUT2D eigenvalue weighted by atomic mass is 10.0. The fourth-order valence-corrected chi connectivity index (χ4v) is 3.33. The minimum absolute atomic E-state index is 0.0346. The first-order valence-electron chi connectivity index (χ1n) is 9.62. The first-order chi connectivity index (χ1) is 15.7. The molecule has 0 bridgehead atoms. The summed E-state index contributed by atoms with van der Waals surface area (Å²) in [4.78, 5) is 17.3. The predicted octanol–water partition coefficient (Wildman–Crippen LogP) is 6.94. The summed E-state index contributed by atoms with van der Waals surface area (Å²) in [5.74, 6) is -0.199. The predicted molar refractivity (Wildman–Crippen MR) is 118 cm³/mol. The number of furan rings is 1. The first kappa shape index (κ1) is 22.4. The van der Waals surface area contributed by atoms with Crippen LogP contribution in [0.4, 0.5) is 18.9 Å². The fourth-order valence-electron chi connectivity index (χ4n) is 3.20. The number of hydrogen-bond acceptors (Lipinski definition) is 4. The van der Waals surface area contributed by atoms with Crippen molar-refractivity contribution >= 4 is 23.2 Å². The maximum Gasteiger partial charge on any atom is 0.416 e. The van der Waals surface area contributed by atoms with E-state index in [4.69, 9.17) is 20.8 Å². The summed E-state index contributed by atoms with van der Waals surface area (Å²) >= 11 is 5.97. The summed E-state index contributed by atoms with van der Waals surface area (Å²) in [7, 11) is 1.25. The number of nitrogens with zero attached hydrogens (tertiary/aromatic N) is 1. The van der Waals surface area contributed by atoms with E-state index in [0.29, 0.717) is 22.0 Å². The molecular weight excluding hydrogens is 457 g/mol. The molecule has 0 fully saturated rings. The summed E-state index contributed by atoms with van der Waals surface area (Å²) in [6.45, 7) is 0. The molecule has 1 N–H and O–H groups in total. The average Bonchev–Trinajstić information content (AvgIpc) is 3.33. The molecule has 0 unspecified atom stereocenters. The van der Waals surface area contributed by atoms with Crippen molar-refractivity contribution in [3.63, 3.8) is 0 Å². The fraction of sp³-hybridized carbons (Fsp3) is 0.0833. The van der Waals surface area contributed by atoms with Crippen molar-refractivity contribution in [1.29, 1.82) is 0 Å². The van der Waals surface area contributed by atoms with Crippen LogP contribution in [0.2, 0.25) is 5.02 Å². The van der Waals surface area contributed by atoms with E-state index in [1.54, 1.807) is 42.5 Å². The number of alkyl halides is 3. The molecule has 33 heavy (non-hydrogen) atoms. The van der Waals surface area contributed by atoms with Crippen molar-refractivity contribution < 1.29 is 27.1 Å². The lowest BCUT2D eigenvalue weighted by molar-refractivity contribution is -0.137. The Morgan fingerprint density at radius 3 is 2.48 bits per heavy atom. The third-order valence-electron chi connectivity index (χ3n) is 4.78. The molecule has 0 radical (unpaired) electrons. The third kappa shape index (κ3) is 5.01. The number of rotatable bonds is 5. The minimum atomic E-state index is -4.59. The molecule has 2 aromatic heterocycles. The van der Waals surface area contributed by atoms with E-state index in [2.05, 4.69) is 10.3 Å². The number of benzene rings is 2. The number of anilines is 1. The molecule has 0 spiro atoms. The molecule has 0 saturated carbocycles. The van der Waals surface area contributed by atoms with Gasteiger partial charge in [0.1, 0.15) is 11.5 Å². The molecule has 5 nitrogen and oxygen atoms in total. The summed E-state index contributed by atoms with van der Waals surface area (Å²) in [5, 5.41) is 3.04. The monoisotopic (exact) mass is 472 g/mol. The van der Waals surface area contributed by atoms with Gasteiger partial charge in [-0.2, -0.15) is 13.2 Å². The highest BCUT2D eigenvalue weighted by Crippen LogP contribution is 2.35. The molecule has 0 aliphatic carbocycles. The zero-order valence-electron chi connectivity index (χ0n) is 17.1. The second-order valence-electron chi connectivity index (χ2n) is 7.01. The van der Waals surface area contributed by atoms with Crippen LogP contribution in [-0.4, -0.2) is 18.0 Å². The molecule has 4 aromatic rings. The molecule has 2 aromatic carbocycles. The Kier molecular flexibility index (Phi) is 6.11. The molecule has 2 heterocycles. The lowest BCUT2D eigenvalue weighted by Crippen LogP contribution is -2.14.